The zero-order chi connectivity index (χ0) is 22.0. The molecule has 0 bridgehead atoms. The molecule has 4 rings (SSSR count). The summed E-state index contributed by atoms with van der Waals surface area (Å²) in [5, 5.41) is 4.71. The molecule has 2 heterocycles. The number of nitrogens with zero attached hydrogens (tertiary/aromatic N) is 4. The van der Waals surface area contributed by atoms with Crippen molar-refractivity contribution in [2.45, 2.75) is 40.5 Å². The number of piperazine rings is 1. The zero-order valence-electron chi connectivity index (χ0n) is 19.1. The lowest BCUT2D eigenvalue weighted by Gasteiger charge is -2.37. The number of hydrogen-bond donors (Lipinski definition) is 0. The number of rotatable bonds is 5. The highest BCUT2D eigenvalue weighted by atomic mass is 16.2. The Morgan fingerprint density at radius 3 is 2.32 bits per heavy atom. The number of hydrogen-bond acceptors (Lipinski definition) is 3. The Balaban J connectivity index is 1.36. The van der Waals surface area contributed by atoms with E-state index in [0.29, 0.717) is 6.42 Å². The van der Waals surface area contributed by atoms with Crippen LogP contribution in [-0.2, 0) is 11.2 Å². The van der Waals surface area contributed by atoms with Crippen LogP contribution in [0.25, 0.3) is 5.69 Å². The van der Waals surface area contributed by atoms with Gasteiger partial charge in [-0.1, -0.05) is 30.3 Å². The molecule has 0 atom stereocenters. The number of para-hydroxylation sites is 1. The number of anilines is 1. The maximum absolute atomic E-state index is 12.9. The lowest BCUT2D eigenvalue weighted by atomic mass is 10.1. The molecule has 1 aromatic heterocycles. The molecule has 1 saturated heterocycles. The maximum atomic E-state index is 12.9. The minimum Gasteiger partial charge on any atom is -0.368 e. The summed E-state index contributed by atoms with van der Waals surface area (Å²) in [6.45, 7) is 11.8. The second-order valence-electron chi connectivity index (χ2n) is 8.48. The quantitative estimate of drug-likeness (QED) is 0.620. The molecule has 0 saturated carbocycles. The van der Waals surface area contributed by atoms with Crippen LogP contribution in [0.1, 0.15) is 34.5 Å². The van der Waals surface area contributed by atoms with Gasteiger partial charge < -0.3 is 9.80 Å². The summed E-state index contributed by atoms with van der Waals surface area (Å²) in [6.07, 6.45) is 1.27. The smallest absolute Gasteiger partial charge is 0.223 e. The van der Waals surface area contributed by atoms with Crippen molar-refractivity contribution in [3.63, 3.8) is 0 Å². The zero-order valence-corrected chi connectivity index (χ0v) is 19.1. The molecular weight excluding hydrogens is 384 g/mol. The third-order valence-corrected chi connectivity index (χ3v) is 6.58. The maximum Gasteiger partial charge on any atom is 0.223 e. The molecule has 0 radical (unpaired) electrons. The van der Waals surface area contributed by atoms with Crippen LogP contribution in [0.3, 0.4) is 0 Å². The standard InChI is InChI=1S/C26H32N4O/c1-19-9-8-12-25(20(19)2)28-15-17-29(18-16-28)26(31)14-13-24-21(3)27-30(22(24)4)23-10-6-5-7-11-23/h5-12H,13-18H2,1-4H3. The Kier molecular flexibility index (Phi) is 6.12. The molecule has 1 amide bonds. The van der Waals surface area contributed by atoms with Gasteiger partial charge in [-0.25, -0.2) is 4.68 Å². The number of benzene rings is 2. The fourth-order valence-electron chi connectivity index (χ4n) is 4.52. The topological polar surface area (TPSA) is 41.4 Å². The lowest BCUT2D eigenvalue weighted by molar-refractivity contribution is -0.131. The second-order valence-corrected chi connectivity index (χ2v) is 8.48. The van der Waals surface area contributed by atoms with Crippen molar-refractivity contribution in [2.75, 3.05) is 31.1 Å². The summed E-state index contributed by atoms with van der Waals surface area (Å²) in [7, 11) is 0. The van der Waals surface area contributed by atoms with Crippen LogP contribution in [0.5, 0.6) is 0 Å². The van der Waals surface area contributed by atoms with Crippen LogP contribution in [0.15, 0.2) is 48.5 Å². The van der Waals surface area contributed by atoms with E-state index in [1.54, 1.807) is 0 Å². The Morgan fingerprint density at radius 2 is 1.61 bits per heavy atom. The fraction of sp³-hybridized carbons (Fsp3) is 0.385. The van der Waals surface area contributed by atoms with Crippen LogP contribution in [-0.4, -0.2) is 46.8 Å². The van der Waals surface area contributed by atoms with E-state index in [1.807, 2.05) is 34.7 Å². The van der Waals surface area contributed by atoms with Gasteiger partial charge in [0.15, 0.2) is 0 Å². The number of aromatic nitrogens is 2. The predicted octanol–water partition coefficient (Wildman–Crippen LogP) is 4.39. The van der Waals surface area contributed by atoms with Crippen LogP contribution < -0.4 is 4.90 Å². The van der Waals surface area contributed by atoms with Crippen LogP contribution in [0.2, 0.25) is 0 Å². The molecule has 0 spiro atoms. The molecule has 5 nitrogen and oxygen atoms in total. The van der Waals surface area contributed by atoms with E-state index in [0.717, 1.165) is 49.7 Å². The highest BCUT2D eigenvalue weighted by molar-refractivity contribution is 5.77. The van der Waals surface area contributed by atoms with E-state index < -0.39 is 0 Å². The van der Waals surface area contributed by atoms with Crippen molar-refractivity contribution in [3.8, 4) is 5.69 Å². The fourth-order valence-corrected chi connectivity index (χ4v) is 4.52. The first-order valence-electron chi connectivity index (χ1n) is 11.1. The molecule has 31 heavy (non-hydrogen) atoms. The molecule has 5 heteroatoms. The third kappa shape index (κ3) is 4.36. The summed E-state index contributed by atoms with van der Waals surface area (Å²) < 4.78 is 1.98. The summed E-state index contributed by atoms with van der Waals surface area (Å²) in [6, 6.07) is 16.6. The molecule has 162 valence electrons. The first-order chi connectivity index (χ1) is 15.0. The lowest BCUT2D eigenvalue weighted by Crippen LogP contribution is -2.49. The predicted molar refractivity (Wildman–Crippen MR) is 126 cm³/mol. The van der Waals surface area contributed by atoms with Gasteiger partial charge in [0.2, 0.25) is 5.91 Å². The Bertz CT molecular complexity index is 1060. The van der Waals surface area contributed by atoms with Gasteiger partial charge in [-0.2, -0.15) is 5.10 Å². The first kappa shape index (κ1) is 21.2. The summed E-state index contributed by atoms with van der Waals surface area (Å²) in [5.41, 5.74) is 8.33. The number of carbonyl (C=O) groups excluding carboxylic acids is 1. The normalized spacial score (nSPS) is 14.2. The Labute approximate surface area is 185 Å². The van der Waals surface area contributed by atoms with E-state index in [4.69, 9.17) is 5.10 Å². The largest absolute Gasteiger partial charge is 0.368 e. The van der Waals surface area contributed by atoms with Gasteiger partial charge in [-0.3, -0.25) is 4.79 Å². The molecule has 0 unspecified atom stereocenters. The van der Waals surface area contributed by atoms with Crippen molar-refractivity contribution in [2.24, 2.45) is 0 Å². The van der Waals surface area contributed by atoms with Crippen molar-refractivity contribution >= 4 is 11.6 Å². The minimum atomic E-state index is 0.242. The van der Waals surface area contributed by atoms with Crippen LogP contribution in [0.4, 0.5) is 5.69 Å². The molecule has 1 fully saturated rings. The van der Waals surface area contributed by atoms with Crippen LogP contribution in [0, 0.1) is 27.7 Å². The SMILES string of the molecule is Cc1cccc(N2CCN(C(=O)CCc3c(C)nn(-c4ccccc4)c3C)CC2)c1C. The number of amides is 1. The van der Waals surface area contributed by atoms with E-state index in [-0.39, 0.29) is 5.91 Å². The molecule has 0 N–H and O–H groups in total. The summed E-state index contributed by atoms with van der Waals surface area (Å²) in [4.78, 5) is 17.3. The van der Waals surface area contributed by atoms with Crippen molar-refractivity contribution in [1.29, 1.82) is 0 Å². The van der Waals surface area contributed by atoms with Gasteiger partial charge >= 0.3 is 0 Å². The van der Waals surface area contributed by atoms with Crippen LogP contribution >= 0.6 is 0 Å². The molecule has 3 aromatic rings. The Morgan fingerprint density at radius 1 is 0.903 bits per heavy atom. The first-order valence-corrected chi connectivity index (χ1v) is 11.1. The molecular formula is C26H32N4O. The van der Waals surface area contributed by atoms with Gasteiger partial charge in [-0.15, -0.1) is 0 Å². The van der Waals surface area contributed by atoms with Crippen molar-refractivity contribution in [1.82, 2.24) is 14.7 Å². The molecule has 0 aliphatic carbocycles. The second kappa shape index (κ2) is 8.96. The Hall–Kier alpha value is -3.08. The molecule has 2 aromatic carbocycles. The summed E-state index contributed by atoms with van der Waals surface area (Å²) >= 11 is 0. The third-order valence-electron chi connectivity index (χ3n) is 6.58. The van der Waals surface area contributed by atoms with E-state index in [9.17, 15) is 4.79 Å². The monoisotopic (exact) mass is 416 g/mol. The van der Waals surface area contributed by atoms with Gasteiger partial charge in [0.1, 0.15) is 0 Å². The number of carbonyl (C=O) groups is 1. The van der Waals surface area contributed by atoms with Crippen molar-refractivity contribution < 1.29 is 4.79 Å². The van der Waals surface area contributed by atoms with E-state index in [2.05, 4.69) is 56.0 Å². The van der Waals surface area contributed by atoms with Gasteiger partial charge in [0.25, 0.3) is 0 Å². The molecule has 1 aliphatic rings. The highest BCUT2D eigenvalue weighted by Crippen LogP contribution is 2.24. The van der Waals surface area contributed by atoms with Crippen molar-refractivity contribution in [3.05, 3.63) is 76.6 Å². The van der Waals surface area contributed by atoms with Gasteiger partial charge in [0.05, 0.1) is 11.4 Å². The van der Waals surface area contributed by atoms with Gasteiger partial charge in [-0.05, 0) is 69.0 Å². The average molecular weight is 417 g/mol. The van der Waals surface area contributed by atoms with Gasteiger partial charge in [0, 0.05) is 44.0 Å². The molecule has 1 aliphatic heterocycles. The van der Waals surface area contributed by atoms with E-state index in [1.165, 1.54) is 22.4 Å². The summed E-state index contributed by atoms with van der Waals surface area (Å²) in [5.74, 6) is 0.242. The minimum absolute atomic E-state index is 0.242. The van der Waals surface area contributed by atoms with E-state index >= 15 is 0 Å². The highest BCUT2D eigenvalue weighted by Gasteiger charge is 2.23. The average Bonchev–Trinajstić information content (AvgIpc) is 3.08. The number of aryl methyl sites for hydroxylation is 2.